The lowest BCUT2D eigenvalue weighted by atomic mass is 9.99. The summed E-state index contributed by atoms with van der Waals surface area (Å²) in [6.45, 7) is 3.08. The van der Waals surface area contributed by atoms with Gasteiger partial charge in [-0.15, -0.1) is 10.2 Å². The van der Waals surface area contributed by atoms with E-state index in [0.717, 1.165) is 24.4 Å². The molecule has 2 aromatic rings. The minimum Gasteiger partial charge on any atom is -0.375 e. The molecule has 0 saturated carbocycles. The molecule has 0 saturated heterocycles. The summed E-state index contributed by atoms with van der Waals surface area (Å²) in [6.07, 6.45) is 1.71. The molecule has 21 heavy (non-hydrogen) atoms. The van der Waals surface area contributed by atoms with Crippen LogP contribution in [0, 0.1) is 0 Å². The zero-order chi connectivity index (χ0) is 15.1. The van der Waals surface area contributed by atoms with Crippen LogP contribution in [0.1, 0.15) is 30.8 Å². The van der Waals surface area contributed by atoms with Crippen LogP contribution < -0.4 is 5.32 Å². The monoisotopic (exact) mass is 289 g/mol. The molecule has 0 spiro atoms. The molecular weight excluding hydrogens is 266 g/mol. The zero-order valence-electron chi connectivity index (χ0n) is 12.9. The fraction of sp³-hybridized carbons (Fsp3) is 0.533. The van der Waals surface area contributed by atoms with E-state index in [1.165, 1.54) is 4.80 Å². The van der Waals surface area contributed by atoms with Crippen LogP contribution in [-0.2, 0) is 18.2 Å². The molecule has 0 radical (unpaired) electrons. The van der Waals surface area contributed by atoms with Crippen molar-refractivity contribution in [1.29, 1.82) is 0 Å². The zero-order valence-corrected chi connectivity index (χ0v) is 12.9. The lowest BCUT2D eigenvalue weighted by molar-refractivity contribution is 0.0672. The number of methoxy groups -OCH3 is 1. The van der Waals surface area contributed by atoms with Crippen LogP contribution in [-0.4, -0.2) is 39.9 Å². The van der Waals surface area contributed by atoms with E-state index in [1.807, 2.05) is 18.2 Å². The Labute approximate surface area is 125 Å². The Hall–Kier alpha value is -1.79. The van der Waals surface area contributed by atoms with Crippen LogP contribution in [0.15, 0.2) is 30.3 Å². The summed E-state index contributed by atoms with van der Waals surface area (Å²) in [7, 11) is 3.51. The molecule has 1 aromatic heterocycles. The van der Waals surface area contributed by atoms with Crippen molar-refractivity contribution in [3.05, 3.63) is 41.7 Å². The van der Waals surface area contributed by atoms with Gasteiger partial charge < -0.3 is 10.1 Å². The third-order valence-electron chi connectivity index (χ3n) is 3.36. The van der Waals surface area contributed by atoms with Gasteiger partial charge >= 0.3 is 0 Å². The van der Waals surface area contributed by atoms with Gasteiger partial charge in [-0.2, -0.15) is 4.80 Å². The quantitative estimate of drug-likeness (QED) is 0.798. The number of benzene rings is 1. The van der Waals surface area contributed by atoms with Crippen LogP contribution in [0.5, 0.6) is 0 Å². The van der Waals surface area contributed by atoms with E-state index in [-0.39, 0.29) is 12.1 Å². The summed E-state index contributed by atoms with van der Waals surface area (Å²) < 4.78 is 5.73. The first-order valence-electron chi connectivity index (χ1n) is 7.28. The van der Waals surface area contributed by atoms with Gasteiger partial charge in [0.1, 0.15) is 0 Å². The van der Waals surface area contributed by atoms with E-state index in [9.17, 15) is 0 Å². The maximum absolute atomic E-state index is 5.73. The summed E-state index contributed by atoms with van der Waals surface area (Å²) in [5.74, 6) is 0.726. The highest BCUT2D eigenvalue weighted by Gasteiger charge is 2.24. The second-order valence-electron chi connectivity index (χ2n) is 5.03. The Morgan fingerprint density at radius 1 is 1.29 bits per heavy atom. The second-order valence-corrected chi connectivity index (χ2v) is 5.03. The molecule has 0 amide bonds. The summed E-state index contributed by atoms with van der Waals surface area (Å²) in [4.78, 5) is 1.48. The molecule has 0 aliphatic rings. The third kappa shape index (κ3) is 4.34. The predicted molar refractivity (Wildman–Crippen MR) is 80.8 cm³/mol. The number of tetrazole rings is 1. The van der Waals surface area contributed by atoms with Gasteiger partial charge in [-0.25, -0.2) is 0 Å². The van der Waals surface area contributed by atoms with Crippen molar-refractivity contribution in [2.75, 3.05) is 13.7 Å². The molecule has 0 aliphatic heterocycles. The molecule has 1 N–H and O–H groups in total. The topological polar surface area (TPSA) is 64.9 Å². The first kappa shape index (κ1) is 15.6. The number of nitrogens with one attached hydrogen (secondary N) is 1. The van der Waals surface area contributed by atoms with Gasteiger partial charge in [-0.05, 0) is 23.7 Å². The lowest BCUT2D eigenvalue weighted by Crippen LogP contribution is -2.38. The number of aryl methyl sites for hydroxylation is 1. The molecule has 114 valence electrons. The van der Waals surface area contributed by atoms with Crippen molar-refractivity contribution in [3.8, 4) is 0 Å². The van der Waals surface area contributed by atoms with Gasteiger partial charge in [0.25, 0.3) is 0 Å². The smallest absolute Gasteiger partial charge is 0.176 e. The Morgan fingerprint density at radius 3 is 2.62 bits per heavy atom. The van der Waals surface area contributed by atoms with Crippen LogP contribution in [0.25, 0.3) is 0 Å². The number of hydrogen-bond acceptors (Lipinski definition) is 5. The number of ether oxygens (including phenoxy) is 1. The highest BCUT2D eigenvalue weighted by molar-refractivity contribution is 5.19. The number of aromatic nitrogens is 4. The maximum Gasteiger partial charge on any atom is 0.176 e. The molecule has 1 aromatic carbocycles. The molecule has 1 heterocycles. The SMILES string of the molecule is CCCNC(Cc1nnn(C)n1)C(OC)c1ccccc1. The van der Waals surface area contributed by atoms with Gasteiger partial charge in [-0.1, -0.05) is 37.3 Å². The number of rotatable bonds is 8. The van der Waals surface area contributed by atoms with E-state index in [0.29, 0.717) is 6.42 Å². The molecule has 2 rings (SSSR count). The number of nitrogens with zero attached hydrogens (tertiary/aromatic N) is 4. The second kappa shape index (κ2) is 7.85. The van der Waals surface area contributed by atoms with Gasteiger partial charge in [0.05, 0.1) is 13.2 Å². The van der Waals surface area contributed by atoms with Gasteiger partial charge in [0.15, 0.2) is 5.82 Å². The minimum absolute atomic E-state index is 0.0402. The summed E-state index contributed by atoms with van der Waals surface area (Å²) in [6, 6.07) is 10.3. The highest BCUT2D eigenvalue weighted by Crippen LogP contribution is 2.22. The molecule has 2 unspecified atom stereocenters. The van der Waals surface area contributed by atoms with Crippen molar-refractivity contribution in [1.82, 2.24) is 25.5 Å². The van der Waals surface area contributed by atoms with Gasteiger partial charge in [0, 0.05) is 19.6 Å². The minimum atomic E-state index is -0.0402. The predicted octanol–water partition coefficient (Wildman–Crippen LogP) is 1.51. The first-order valence-corrected chi connectivity index (χ1v) is 7.28. The van der Waals surface area contributed by atoms with Crippen molar-refractivity contribution in [3.63, 3.8) is 0 Å². The molecule has 6 nitrogen and oxygen atoms in total. The standard InChI is InChI=1S/C15H23N5O/c1-4-10-16-13(11-14-17-19-20(2)18-14)15(21-3)12-8-6-5-7-9-12/h5-9,13,15-16H,4,10-11H2,1-3H3. The largest absolute Gasteiger partial charge is 0.375 e. The normalized spacial score (nSPS) is 14.0. The Bertz CT molecular complexity index is 528. The maximum atomic E-state index is 5.73. The van der Waals surface area contributed by atoms with Gasteiger partial charge in [0.2, 0.25) is 0 Å². The lowest BCUT2D eigenvalue weighted by Gasteiger charge is -2.26. The van der Waals surface area contributed by atoms with E-state index < -0.39 is 0 Å². The van der Waals surface area contributed by atoms with E-state index in [2.05, 4.69) is 39.8 Å². The number of hydrogen-bond donors (Lipinski definition) is 1. The fourth-order valence-corrected chi connectivity index (χ4v) is 2.39. The van der Waals surface area contributed by atoms with E-state index in [4.69, 9.17) is 4.74 Å². The highest BCUT2D eigenvalue weighted by atomic mass is 16.5. The molecule has 0 bridgehead atoms. The summed E-state index contributed by atoms with van der Waals surface area (Å²) in [5, 5.41) is 15.8. The average molecular weight is 289 g/mol. The third-order valence-corrected chi connectivity index (χ3v) is 3.36. The summed E-state index contributed by atoms with van der Waals surface area (Å²) in [5.41, 5.74) is 1.15. The van der Waals surface area contributed by atoms with Crippen molar-refractivity contribution < 1.29 is 4.74 Å². The first-order chi connectivity index (χ1) is 10.2. The average Bonchev–Trinajstić information content (AvgIpc) is 2.91. The Kier molecular flexibility index (Phi) is 5.83. The molecule has 0 aliphatic carbocycles. The molecular formula is C15H23N5O. The summed E-state index contributed by atoms with van der Waals surface area (Å²) >= 11 is 0. The molecule has 6 heteroatoms. The van der Waals surface area contributed by atoms with Crippen LogP contribution in [0.4, 0.5) is 0 Å². The Balaban J connectivity index is 2.16. The van der Waals surface area contributed by atoms with Crippen LogP contribution in [0.2, 0.25) is 0 Å². The van der Waals surface area contributed by atoms with Crippen molar-refractivity contribution in [2.24, 2.45) is 7.05 Å². The van der Waals surface area contributed by atoms with Crippen LogP contribution >= 0.6 is 0 Å². The fourth-order valence-electron chi connectivity index (χ4n) is 2.39. The van der Waals surface area contributed by atoms with Crippen molar-refractivity contribution in [2.45, 2.75) is 31.9 Å². The molecule has 0 fully saturated rings. The van der Waals surface area contributed by atoms with E-state index in [1.54, 1.807) is 14.2 Å². The van der Waals surface area contributed by atoms with E-state index >= 15 is 0 Å². The molecule has 2 atom stereocenters. The van der Waals surface area contributed by atoms with Crippen LogP contribution in [0.3, 0.4) is 0 Å². The van der Waals surface area contributed by atoms with Crippen molar-refractivity contribution >= 4 is 0 Å². The Morgan fingerprint density at radius 2 is 2.05 bits per heavy atom. The van der Waals surface area contributed by atoms with Gasteiger partial charge in [-0.3, -0.25) is 0 Å².